The Hall–Kier alpha value is -1.40. The molecule has 0 radical (unpaired) electrons. The second kappa shape index (κ2) is 5.71. The van der Waals surface area contributed by atoms with Crippen LogP contribution >= 0.6 is 27.7 Å². The van der Waals surface area contributed by atoms with E-state index >= 15 is 0 Å². The Morgan fingerprint density at radius 1 is 1.47 bits per heavy atom. The molecule has 2 rings (SSSR count). The van der Waals surface area contributed by atoms with Crippen molar-refractivity contribution in [1.82, 2.24) is 9.74 Å². The molecule has 19 heavy (non-hydrogen) atoms. The minimum Gasteiger partial charge on any atom is -0.497 e. The Balaban J connectivity index is 2.13. The van der Waals surface area contributed by atoms with Gasteiger partial charge in [0.25, 0.3) is 5.91 Å². The van der Waals surface area contributed by atoms with Crippen LogP contribution in [-0.2, 0) is 11.2 Å². The van der Waals surface area contributed by atoms with Crippen molar-refractivity contribution in [3.63, 3.8) is 0 Å². The lowest BCUT2D eigenvalue weighted by Gasteiger charge is -2.29. The van der Waals surface area contributed by atoms with E-state index in [9.17, 15) is 4.79 Å². The van der Waals surface area contributed by atoms with Crippen LogP contribution in [0.4, 0.5) is 0 Å². The third-order valence-electron chi connectivity index (χ3n) is 2.83. The van der Waals surface area contributed by atoms with Crippen LogP contribution < -0.4 is 15.8 Å². The van der Waals surface area contributed by atoms with Crippen LogP contribution in [0.25, 0.3) is 0 Å². The van der Waals surface area contributed by atoms with E-state index in [2.05, 4.69) is 21.2 Å². The normalized spacial score (nSPS) is 19.4. The van der Waals surface area contributed by atoms with E-state index in [1.165, 1.54) is 0 Å². The average Bonchev–Trinajstić information content (AvgIpc) is 2.43. The lowest BCUT2D eigenvalue weighted by Crippen LogP contribution is -2.49. The molecule has 0 spiro atoms. The van der Waals surface area contributed by atoms with E-state index < -0.39 is 6.04 Å². The first-order chi connectivity index (χ1) is 9.02. The number of rotatable bonds is 3. The first-order valence-electron chi connectivity index (χ1n) is 5.57. The van der Waals surface area contributed by atoms with Gasteiger partial charge in [-0.3, -0.25) is 4.79 Å². The van der Waals surface area contributed by atoms with Crippen LogP contribution in [0.5, 0.6) is 5.75 Å². The molecule has 1 heterocycles. The average molecular weight is 347 g/mol. The van der Waals surface area contributed by atoms with Crippen molar-refractivity contribution in [2.24, 2.45) is 5.73 Å². The molecule has 0 bridgehead atoms. The maximum absolute atomic E-state index is 12.0. The van der Waals surface area contributed by atoms with Crippen LogP contribution in [0.1, 0.15) is 5.56 Å². The second-order valence-corrected chi connectivity index (χ2v) is 5.20. The number of carbonyl (C=O) groups is 1. The fourth-order valence-electron chi connectivity index (χ4n) is 1.77. The van der Waals surface area contributed by atoms with Crippen LogP contribution in [-0.4, -0.2) is 23.5 Å². The molecule has 0 saturated carbocycles. The molecular weight excluding hydrogens is 334 g/mol. The van der Waals surface area contributed by atoms with Gasteiger partial charge in [-0.2, -0.15) is 0 Å². The number of hydrogen-bond donors (Lipinski definition) is 2. The maximum atomic E-state index is 12.0. The van der Waals surface area contributed by atoms with Gasteiger partial charge in [0.1, 0.15) is 16.4 Å². The number of nitrogens with zero attached hydrogens (tertiary/aromatic N) is 1. The number of amides is 1. The molecule has 1 aromatic carbocycles. The predicted octanol–water partition coefficient (Wildman–Crippen LogP) is 1.67. The molecule has 1 atom stereocenters. The van der Waals surface area contributed by atoms with Crippen molar-refractivity contribution in [3.05, 3.63) is 40.3 Å². The Kier molecular flexibility index (Phi) is 4.21. The number of ether oxygens (including phenoxy) is 1. The standard InChI is InChI=1S/C12H13BrClN3O2/c1-19-8-4-2-7(3-5-8)6-9-12(18)17(14)11(15)10(13)16-9/h2-5,9,16H,6,15H2,1H3. The number of nitrogens with two attached hydrogens (primary N) is 1. The summed E-state index contributed by atoms with van der Waals surface area (Å²) in [4.78, 5) is 12.0. The van der Waals surface area contributed by atoms with Crippen molar-refractivity contribution in [2.45, 2.75) is 12.5 Å². The Morgan fingerprint density at radius 2 is 2.11 bits per heavy atom. The van der Waals surface area contributed by atoms with Gasteiger partial charge in [0.15, 0.2) is 5.82 Å². The minimum atomic E-state index is -0.451. The highest BCUT2D eigenvalue weighted by molar-refractivity contribution is 9.11. The second-order valence-electron chi connectivity index (χ2n) is 4.07. The zero-order valence-corrected chi connectivity index (χ0v) is 12.5. The Morgan fingerprint density at radius 3 is 2.68 bits per heavy atom. The smallest absolute Gasteiger partial charge is 0.265 e. The summed E-state index contributed by atoms with van der Waals surface area (Å²) in [5.41, 5.74) is 6.63. The van der Waals surface area contributed by atoms with E-state index in [4.69, 9.17) is 22.2 Å². The first-order valence-corrected chi connectivity index (χ1v) is 6.70. The Bertz CT molecular complexity index is 518. The topological polar surface area (TPSA) is 67.6 Å². The third kappa shape index (κ3) is 2.96. The van der Waals surface area contributed by atoms with Gasteiger partial charge in [-0.1, -0.05) is 12.1 Å². The number of carbonyl (C=O) groups excluding carboxylic acids is 1. The maximum Gasteiger partial charge on any atom is 0.265 e. The molecule has 1 amide bonds. The third-order valence-corrected chi connectivity index (χ3v) is 3.81. The van der Waals surface area contributed by atoms with Crippen LogP contribution in [0.2, 0.25) is 0 Å². The van der Waals surface area contributed by atoms with Crippen molar-refractivity contribution < 1.29 is 9.53 Å². The number of hydrogen-bond acceptors (Lipinski definition) is 4. The fourth-order valence-corrected chi connectivity index (χ4v) is 2.52. The first kappa shape index (κ1) is 14.0. The number of benzene rings is 1. The number of halogens is 2. The molecule has 5 nitrogen and oxygen atoms in total. The largest absolute Gasteiger partial charge is 0.497 e. The van der Waals surface area contributed by atoms with Gasteiger partial charge in [0.05, 0.1) is 7.11 Å². The van der Waals surface area contributed by atoms with E-state index in [1.807, 2.05) is 24.3 Å². The molecule has 1 aromatic rings. The summed E-state index contributed by atoms with van der Waals surface area (Å²) in [7, 11) is 1.61. The summed E-state index contributed by atoms with van der Waals surface area (Å²) in [6, 6.07) is 7.05. The van der Waals surface area contributed by atoms with Gasteiger partial charge >= 0.3 is 0 Å². The van der Waals surface area contributed by atoms with E-state index in [-0.39, 0.29) is 11.7 Å². The summed E-state index contributed by atoms with van der Waals surface area (Å²) >= 11 is 9.08. The Labute approximate surface area is 124 Å². The molecule has 7 heteroatoms. The minimum absolute atomic E-state index is 0.164. The zero-order valence-electron chi connectivity index (χ0n) is 10.2. The molecule has 0 aromatic heterocycles. The van der Waals surface area contributed by atoms with Crippen LogP contribution in [0.15, 0.2) is 34.7 Å². The van der Waals surface area contributed by atoms with Crippen molar-refractivity contribution in [1.29, 1.82) is 0 Å². The van der Waals surface area contributed by atoms with Crippen molar-refractivity contribution in [3.8, 4) is 5.75 Å². The molecule has 102 valence electrons. The summed E-state index contributed by atoms with van der Waals surface area (Å²) < 4.78 is 6.52. The molecule has 0 saturated heterocycles. The zero-order chi connectivity index (χ0) is 14.0. The molecule has 1 aliphatic heterocycles. The van der Waals surface area contributed by atoms with Gasteiger partial charge in [0, 0.05) is 18.2 Å². The molecule has 1 unspecified atom stereocenters. The SMILES string of the molecule is COc1ccc(CC2NC(Br)=C(N)N(Cl)C2=O)cc1. The highest BCUT2D eigenvalue weighted by Crippen LogP contribution is 2.22. The molecule has 0 fully saturated rings. The van der Waals surface area contributed by atoms with Crippen molar-refractivity contribution in [2.75, 3.05) is 7.11 Å². The molecule has 0 aliphatic carbocycles. The molecular formula is C12H13BrClN3O2. The van der Waals surface area contributed by atoms with E-state index in [0.717, 1.165) is 15.7 Å². The number of methoxy groups -OCH3 is 1. The number of nitrogens with one attached hydrogen (secondary N) is 1. The summed E-state index contributed by atoms with van der Waals surface area (Å²) in [5.74, 6) is 0.659. The van der Waals surface area contributed by atoms with Crippen molar-refractivity contribution >= 4 is 33.6 Å². The highest BCUT2D eigenvalue weighted by atomic mass is 79.9. The van der Waals surface area contributed by atoms with Crippen LogP contribution in [0, 0.1) is 0 Å². The molecule has 3 N–H and O–H groups in total. The van der Waals surface area contributed by atoms with Gasteiger partial charge in [-0.05, 0) is 33.6 Å². The lowest BCUT2D eigenvalue weighted by atomic mass is 10.0. The van der Waals surface area contributed by atoms with Gasteiger partial charge in [-0.15, -0.1) is 0 Å². The highest BCUT2D eigenvalue weighted by Gasteiger charge is 2.31. The lowest BCUT2D eigenvalue weighted by molar-refractivity contribution is -0.128. The van der Waals surface area contributed by atoms with Crippen LogP contribution in [0.3, 0.4) is 0 Å². The molecule has 1 aliphatic rings. The van der Waals surface area contributed by atoms with Gasteiger partial charge < -0.3 is 15.8 Å². The van der Waals surface area contributed by atoms with Gasteiger partial charge in [-0.25, -0.2) is 4.42 Å². The monoisotopic (exact) mass is 345 g/mol. The van der Waals surface area contributed by atoms with Gasteiger partial charge in [0.2, 0.25) is 0 Å². The summed E-state index contributed by atoms with van der Waals surface area (Å²) in [6.45, 7) is 0. The summed E-state index contributed by atoms with van der Waals surface area (Å²) in [5, 5.41) is 2.99. The fraction of sp³-hybridized carbons (Fsp3) is 0.250. The predicted molar refractivity (Wildman–Crippen MR) is 76.5 cm³/mol. The summed E-state index contributed by atoms with van der Waals surface area (Å²) in [6.07, 6.45) is 0.508. The quantitative estimate of drug-likeness (QED) is 0.645. The van der Waals surface area contributed by atoms with E-state index in [0.29, 0.717) is 11.0 Å². The van der Waals surface area contributed by atoms with E-state index in [1.54, 1.807) is 7.11 Å².